The molecule has 0 atom stereocenters. The molecule has 1 amide bonds. The molecule has 1 fully saturated rings. The molecule has 2 aliphatic heterocycles. The summed E-state index contributed by atoms with van der Waals surface area (Å²) in [5.74, 6) is -0.0825. The fourth-order valence-corrected chi connectivity index (χ4v) is 4.58. The van der Waals surface area contributed by atoms with Gasteiger partial charge in [-0.25, -0.2) is 4.63 Å². The molecule has 1 spiro atoms. The van der Waals surface area contributed by atoms with Gasteiger partial charge in [0.1, 0.15) is 11.4 Å². The van der Waals surface area contributed by atoms with Gasteiger partial charge in [-0.15, -0.1) is 23.7 Å². The monoisotopic (exact) mass is 384 g/mol. The Morgan fingerprint density at radius 1 is 1.40 bits per heavy atom. The Balaban J connectivity index is 0.00000182. The molecule has 0 bridgehead atoms. The number of ether oxygens (including phenoxy) is 1. The number of nitrogens with zero attached hydrogens (tertiary/aromatic N) is 2. The van der Waals surface area contributed by atoms with Crippen LogP contribution >= 0.6 is 23.7 Å². The van der Waals surface area contributed by atoms with Gasteiger partial charge in [-0.2, -0.15) is 0 Å². The van der Waals surface area contributed by atoms with Gasteiger partial charge in [0.2, 0.25) is 0 Å². The van der Waals surface area contributed by atoms with Gasteiger partial charge >= 0.3 is 0 Å². The maximum atomic E-state index is 12.5. The zero-order valence-electron chi connectivity index (χ0n) is 14.0. The molecule has 7 nitrogen and oxygen atoms in total. The van der Waals surface area contributed by atoms with E-state index in [1.165, 1.54) is 10.4 Å². The molecular formula is C16H21ClN4O3S. The Labute approximate surface area is 155 Å². The third-order valence-electron chi connectivity index (χ3n) is 4.81. The summed E-state index contributed by atoms with van der Waals surface area (Å²) in [4.78, 5) is 14.5. The van der Waals surface area contributed by atoms with E-state index < -0.39 is 0 Å². The second-order valence-corrected chi connectivity index (χ2v) is 7.41. The first-order valence-electron chi connectivity index (χ1n) is 8.22. The number of carbonyl (C=O) groups excluding carboxylic acids is 1. The van der Waals surface area contributed by atoms with E-state index >= 15 is 0 Å². The van der Waals surface area contributed by atoms with Crippen LogP contribution in [-0.2, 0) is 23.3 Å². The van der Waals surface area contributed by atoms with Crippen LogP contribution in [0.4, 0.5) is 0 Å². The highest BCUT2D eigenvalue weighted by molar-refractivity contribution is 7.14. The minimum atomic E-state index is -0.208. The van der Waals surface area contributed by atoms with Gasteiger partial charge in [0.05, 0.1) is 23.6 Å². The fraction of sp³-hybridized carbons (Fsp3) is 0.562. The van der Waals surface area contributed by atoms with Gasteiger partial charge in [-0.05, 0) is 44.5 Å². The number of hydrogen-bond donors (Lipinski definition) is 2. The van der Waals surface area contributed by atoms with Crippen molar-refractivity contribution in [2.75, 3.05) is 19.7 Å². The molecule has 0 aromatic carbocycles. The number of halogens is 1. The SMILES string of the molecule is Cc1nonc1CNC(=O)c1cc2c(s1)CCOC21CCNCC1.Cl. The van der Waals surface area contributed by atoms with Crippen molar-refractivity contribution in [3.05, 3.63) is 32.8 Å². The largest absolute Gasteiger partial charge is 0.370 e. The molecular weight excluding hydrogens is 364 g/mol. The minimum absolute atomic E-state index is 0. The molecule has 2 N–H and O–H groups in total. The molecule has 1 saturated heterocycles. The van der Waals surface area contributed by atoms with Crippen LogP contribution in [0.25, 0.3) is 0 Å². The topological polar surface area (TPSA) is 89.3 Å². The van der Waals surface area contributed by atoms with Crippen LogP contribution in [0, 0.1) is 6.92 Å². The van der Waals surface area contributed by atoms with E-state index in [9.17, 15) is 4.79 Å². The minimum Gasteiger partial charge on any atom is -0.370 e. The lowest BCUT2D eigenvalue weighted by Crippen LogP contribution is -2.44. The number of nitrogens with one attached hydrogen (secondary N) is 2. The van der Waals surface area contributed by atoms with Crippen molar-refractivity contribution < 1.29 is 14.2 Å². The number of fused-ring (bicyclic) bond motifs is 2. The van der Waals surface area contributed by atoms with Crippen LogP contribution in [0.2, 0.25) is 0 Å². The molecule has 2 aliphatic rings. The van der Waals surface area contributed by atoms with E-state index in [4.69, 9.17) is 4.74 Å². The summed E-state index contributed by atoms with van der Waals surface area (Å²) in [6.45, 7) is 4.77. The van der Waals surface area contributed by atoms with Crippen molar-refractivity contribution >= 4 is 29.7 Å². The summed E-state index contributed by atoms with van der Waals surface area (Å²) in [6, 6.07) is 2.02. The summed E-state index contributed by atoms with van der Waals surface area (Å²) in [7, 11) is 0. The first-order valence-corrected chi connectivity index (χ1v) is 9.04. The molecule has 2 aromatic rings. The zero-order chi connectivity index (χ0) is 16.6. The smallest absolute Gasteiger partial charge is 0.261 e. The van der Waals surface area contributed by atoms with Gasteiger partial charge in [-0.3, -0.25) is 4.79 Å². The molecule has 4 rings (SSSR count). The van der Waals surface area contributed by atoms with E-state index in [2.05, 4.69) is 25.6 Å². The number of rotatable bonds is 3. The molecule has 136 valence electrons. The van der Waals surface area contributed by atoms with Gasteiger partial charge < -0.3 is 15.4 Å². The van der Waals surface area contributed by atoms with Crippen molar-refractivity contribution in [1.29, 1.82) is 0 Å². The lowest BCUT2D eigenvalue weighted by molar-refractivity contribution is -0.0792. The summed E-state index contributed by atoms with van der Waals surface area (Å²) in [6.07, 6.45) is 2.80. The lowest BCUT2D eigenvalue weighted by Gasteiger charge is -2.40. The number of piperidine rings is 1. The summed E-state index contributed by atoms with van der Waals surface area (Å²) in [5.41, 5.74) is 2.36. The van der Waals surface area contributed by atoms with E-state index in [1.807, 2.05) is 6.07 Å². The molecule has 0 unspecified atom stereocenters. The number of aromatic nitrogens is 2. The van der Waals surface area contributed by atoms with Gasteiger partial charge in [0.25, 0.3) is 5.91 Å². The zero-order valence-corrected chi connectivity index (χ0v) is 15.6. The second kappa shape index (κ2) is 7.41. The predicted octanol–water partition coefficient (Wildman–Crippen LogP) is 1.94. The normalized spacial score (nSPS) is 18.4. The Kier molecular flexibility index (Phi) is 5.43. The molecule has 2 aromatic heterocycles. The molecule has 25 heavy (non-hydrogen) atoms. The Morgan fingerprint density at radius 2 is 2.20 bits per heavy atom. The standard InChI is InChI=1S/C16H20N4O3S.ClH/c1-10-12(20-23-19-10)9-18-15(21)14-8-11-13(24-14)2-7-22-16(11)3-5-17-6-4-16;/h8,17H,2-7,9H2,1H3,(H,18,21);1H. The van der Waals surface area contributed by atoms with Gasteiger partial charge in [0.15, 0.2) is 0 Å². The second-order valence-electron chi connectivity index (χ2n) is 6.27. The van der Waals surface area contributed by atoms with Crippen LogP contribution in [-0.4, -0.2) is 35.9 Å². The van der Waals surface area contributed by atoms with E-state index in [0.717, 1.165) is 43.8 Å². The predicted molar refractivity (Wildman–Crippen MR) is 95.2 cm³/mol. The van der Waals surface area contributed by atoms with E-state index in [-0.39, 0.29) is 23.9 Å². The lowest BCUT2D eigenvalue weighted by atomic mass is 9.83. The molecule has 9 heteroatoms. The number of amides is 1. The van der Waals surface area contributed by atoms with E-state index in [0.29, 0.717) is 17.9 Å². The highest BCUT2D eigenvalue weighted by Gasteiger charge is 2.40. The third-order valence-corrected chi connectivity index (χ3v) is 6.00. The Morgan fingerprint density at radius 3 is 2.92 bits per heavy atom. The molecule has 4 heterocycles. The van der Waals surface area contributed by atoms with E-state index in [1.54, 1.807) is 18.3 Å². The summed E-state index contributed by atoms with van der Waals surface area (Å²) >= 11 is 1.58. The first kappa shape index (κ1) is 18.3. The van der Waals surface area contributed by atoms with Gasteiger partial charge in [-0.1, -0.05) is 10.3 Å². The fourth-order valence-electron chi connectivity index (χ4n) is 3.43. The van der Waals surface area contributed by atoms with Crippen molar-refractivity contribution in [1.82, 2.24) is 20.9 Å². The van der Waals surface area contributed by atoms with Crippen LogP contribution in [0.15, 0.2) is 10.7 Å². The van der Waals surface area contributed by atoms with Crippen LogP contribution in [0.3, 0.4) is 0 Å². The van der Waals surface area contributed by atoms with Crippen molar-refractivity contribution in [3.63, 3.8) is 0 Å². The molecule has 0 aliphatic carbocycles. The van der Waals surface area contributed by atoms with Crippen LogP contribution in [0.1, 0.15) is 44.3 Å². The maximum absolute atomic E-state index is 12.5. The van der Waals surface area contributed by atoms with Crippen molar-refractivity contribution in [2.24, 2.45) is 0 Å². The van der Waals surface area contributed by atoms with Crippen LogP contribution < -0.4 is 10.6 Å². The van der Waals surface area contributed by atoms with Crippen molar-refractivity contribution in [2.45, 2.75) is 38.3 Å². The molecule has 0 saturated carbocycles. The number of thiophene rings is 1. The van der Waals surface area contributed by atoms with Crippen LogP contribution in [0.5, 0.6) is 0 Å². The number of hydrogen-bond acceptors (Lipinski definition) is 7. The average Bonchev–Trinajstić information content (AvgIpc) is 3.21. The van der Waals surface area contributed by atoms with Crippen molar-refractivity contribution in [3.8, 4) is 0 Å². The summed E-state index contributed by atoms with van der Waals surface area (Å²) < 4.78 is 10.8. The quantitative estimate of drug-likeness (QED) is 0.840. The Hall–Kier alpha value is -1.48. The summed E-state index contributed by atoms with van der Waals surface area (Å²) in [5, 5.41) is 13.8. The maximum Gasteiger partial charge on any atom is 0.261 e. The third kappa shape index (κ3) is 3.44. The first-order chi connectivity index (χ1) is 11.7. The van der Waals surface area contributed by atoms with Gasteiger partial charge in [0, 0.05) is 11.3 Å². The highest BCUT2D eigenvalue weighted by Crippen LogP contribution is 2.43. The number of carbonyl (C=O) groups is 1. The molecule has 0 radical (unpaired) electrons. The highest BCUT2D eigenvalue weighted by atomic mass is 35.5. The Bertz CT molecular complexity index is 754. The number of aryl methyl sites for hydroxylation is 1. The average molecular weight is 385 g/mol.